The Balaban J connectivity index is 1.36. The van der Waals surface area contributed by atoms with Crippen molar-refractivity contribution in [2.45, 2.75) is 6.54 Å². The van der Waals surface area contributed by atoms with E-state index in [9.17, 15) is 4.79 Å². The molecule has 0 aliphatic heterocycles. The average molecular weight is 591 g/mol. The molecule has 226 valence electrons. The summed E-state index contributed by atoms with van der Waals surface area (Å²) < 4.78 is 7.84. The summed E-state index contributed by atoms with van der Waals surface area (Å²) in [5.74, 6) is 1.28. The van der Waals surface area contributed by atoms with Gasteiger partial charge in [0.2, 0.25) is 11.9 Å². The zero-order valence-electron chi connectivity index (χ0n) is 25.5. The van der Waals surface area contributed by atoms with Crippen molar-refractivity contribution in [2.24, 2.45) is 7.05 Å². The van der Waals surface area contributed by atoms with Crippen LogP contribution in [0.3, 0.4) is 0 Å². The molecule has 0 radical (unpaired) electrons. The number of hydrogen-bond donors (Lipinski definition) is 3. The van der Waals surface area contributed by atoms with Crippen LogP contribution in [0.1, 0.15) is 5.56 Å². The van der Waals surface area contributed by atoms with E-state index in [2.05, 4.69) is 90.3 Å². The second-order valence-corrected chi connectivity index (χ2v) is 10.6. The number of nitrogens with zero attached hydrogens (tertiary/aromatic N) is 5. The van der Waals surface area contributed by atoms with Crippen molar-refractivity contribution in [2.75, 3.05) is 55.1 Å². The molecule has 1 amide bonds. The van der Waals surface area contributed by atoms with Crippen molar-refractivity contribution in [3.8, 4) is 5.75 Å². The van der Waals surface area contributed by atoms with E-state index in [1.165, 1.54) is 11.6 Å². The van der Waals surface area contributed by atoms with E-state index >= 15 is 0 Å². The molecule has 0 aliphatic carbocycles. The van der Waals surface area contributed by atoms with E-state index < -0.39 is 0 Å². The van der Waals surface area contributed by atoms with E-state index in [0.29, 0.717) is 28.9 Å². The number of para-hydroxylation sites is 1. The number of fused-ring (bicyclic) bond motifs is 1. The zero-order valence-corrected chi connectivity index (χ0v) is 25.5. The van der Waals surface area contributed by atoms with Crippen molar-refractivity contribution in [1.82, 2.24) is 19.4 Å². The molecule has 5 rings (SSSR count). The summed E-state index contributed by atoms with van der Waals surface area (Å²) in [5.41, 5.74) is 5.34. The third-order valence-corrected chi connectivity index (χ3v) is 7.35. The molecule has 0 bridgehead atoms. The average Bonchev–Trinajstić information content (AvgIpc) is 3.35. The minimum atomic E-state index is -0.311. The first kappa shape index (κ1) is 30.1. The molecule has 0 saturated carbocycles. The summed E-state index contributed by atoms with van der Waals surface area (Å²) >= 11 is 0. The molecular formula is C34H38N8O2. The van der Waals surface area contributed by atoms with Gasteiger partial charge in [0.05, 0.1) is 29.9 Å². The highest BCUT2D eigenvalue weighted by atomic mass is 16.5. The Kier molecular flexibility index (Phi) is 9.41. The van der Waals surface area contributed by atoms with Crippen molar-refractivity contribution in [3.05, 3.63) is 103 Å². The predicted molar refractivity (Wildman–Crippen MR) is 179 cm³/mol. The van der Waals surface area contributed by atoms with Gasteiger partial charge >= 0.3 is 0 Å². The van der Waals surface area contributed by atoms with Gasteiger partial charge in [-0.2, -0.15) is 4.98 Å². The summed E-state index contributed by atoms with van der Waals surface area (Å²) in [6.07, 6.45) is 4.97. The molecule has 10 heteroatoms. The highest BCUT2D eigenvalue weighted by molar-refractivity contribution is 6.02. The smallest absolute Gasteiger partial charge is 0.247 e. The first-order valence-electron chi connectivity index (χ1n) is 14.3. The quantitative estimate of drug-likeness (QED) is 0.140. The lowest BCUT2D eigenvalue weighted by Crippen LogP contribution is -2.31. The van der Waals surface area contributed by atoms with Gasteiger partial charge in [-0.05, 0) is 36.9 Å². The number of anilines is 6. The summed E-state index contributed by atoms with van der Waals surface area (Å²) in [7, 11) is 7.71. The number of likely N-dealkylation sites (N-methyl/N-ethyl adjacent to an activating group) is 2. The van der Waals surface area contributed by atoms with Crippen LogP contribution in [0.15, 0.2) is 97.8 Å². The molecule has 3 aromatic carbocycles. The molecule has 0 saturated heterocycles. The fourth-order valence-electron chi connectivity index (χ4n) is 5.04. The third kappa shape index (κ3) is 7.16. The van der Waals surface area contributed by atoms with E-state index in [1.54, 1.807) is 13.3 Å². The number of amides is 1. The number of nitrogens with one attached hydrogen (secondary N) is 3. The molecule has 0 unspecified atom stereocenters. The largest absolute Gasteiger partial charge is 0.494 e. The lowest BCUT2D eigenvalue weighted by Gasteiger charge is -2.27. The normalized spacial score (nSPS) is 10.9. The highest BCUT2D eigenvalue weighted by Crippen LogP contribution is 2.38. The van der Waals surface area contributed by atoms with E-state index in [1.807, 2.05) is 56.7 Å². The Morgan fingerprint density at radius 3 is 2.52 bits per heavy atom. The summed E-state index contributed by atoms with van der Waals surface area (Å²) in [4.78, 5) is 25.9. The Hall–Kier alpha value is -5.35. The lowest BCUT2D eigenvalue weighted by atomic mass is 10.2. The van der Waals surface area contributed by atoms with Crippen molar-refractivity contribution in [1.29, 1.82) is 0 Å². The topological polar surface area (TPSA) is 99.6 Å². The number of ether oxygens (including phenoxy) is 1. The van der Waals surface area contributed by atoms with Crippen LogP contribution in [-0.4, -0.2) is 59.6 Å². The maximum absolute atomic E-state index is 12.4. The van der Waals surface area contributed by atoms with Gasteiger partial charge in [0.15, 0.2) is 0 Å². The van der Waals surface area contributed by atoms with Gasteiger partial charge in [0.25, 0.3) is 0 Å². The third-order valence-electron chi connectivity index (χ3n) is 7.35. The molecular weight excluding hydrogens is 552 g/mol. The van der Waals surface area contributed by atoms with Gasteiger partial charge in [-0.1, -0.05) is 55.1 Å². The number of benzene rings is 3. The van der Waals surface area contributed by atoms with Crippen molar-refractivity contribution >= 4 is 51.3 Å². The monoisotopic (exact) mass is 590 g/mol. The molecule has 0 aliphatic rings. The number of rotatable bonds is 13. The Morgan fingerprint density at radius 1 is 0.977 bits per heavy atom. The predicted octanol–water partition coefficient (Wildman–Crippen LogP) is 6.16. The SMILES string of the molecule is C=CC(=O)Nc1cc(Nc2nccc(Nc3cn(C)c4ccccc34)n2)c(OC)cc1N(C)CCN(C)Cc1ccccc1. The summed E-state index contributed by atoms with van der Waals surface area (Å²) in [6, 6.07) is 24.1. The van der Waals surface area contributed by atoms with Crippen molar-refractivity contribution < 1.29 is 9.53 Å². The highest BCUT2D eigenvalue weighted by Gasteiger charge is 2.17. The number of hydrogen-bond acceptors (Lipinski definition) is 8. The second-order valence-electron chi connectivity index (χ2n) is 10.6. The fraction of sp³-hybridized carbons (Fsp3) is 0.206. The van der Waals surface area contributed by atoms with Gasteiger partial charge in [0, 0.05) is 63.1 Å². The second kappa shape index (κ2) is 13.7. The first-order chi connectivity index (χ1) is 21.3. The van der Waals surface area contributed by atoms with Gasteiger partial charge in [0.1, 0.15) is 11.6 Å². The molecule has 44 heavy (non-hydrogen) atoms. The summed E-state index contributed by atoms with van der Waals surface area (Å²) in [5, 5.41) is 10.7. The Labute approximate surface area is 258 Å². The van der Waals surface area contributed by atoms with Crippen LogP contribution in [0.4, 0.5) is 34.5 Å². The molecule has 10 nitrogen and oxygen atoms in total. The minimum Gasteiger partial charge on any atom is -0.494 e. The van der Waals surface area contributed by atoms with Crippen LogP contribution in [0.5, 0.6) is 5.75 Å². The number of carbonyl (C=O) groups excluding carboxylic acids is 1. The maximum atomic E-state index is 12.4. The van der Waals surface area contributed by atoms with Gasteiger partial charge in [-0.25, -0.2) is 4.98 Å². The minimum absolute atomic E-state index is 0.311. The van der Waals surface area contributed by atoms with Crippen LogP contribution in [0.2, 0.25) is 0 Å². The van der Waals surface area contributed by atoms with Crippen LogP contribution in [0, 0.1) is 0 Å². The Bertz CT molecular complexity index is 1750. The van der Waals surface area contributed by atoms with E-state index in [0.717, 1.165) is 41.9 Å². The first-order valence-corrected chi connectivity index (χ1v) is 14.3. The number of carbonyl (C=O) groups is 1. The van der Waals surface area contributed by atoms with Gasteiger partial charge in [-0.3, -0.25) is 4.79 Å². The maximum Gasteiger partial charge on any atom is 0.247 e. The molecule has 0 fully saturated rings. The number of aryl methyl sites for hydroxylation is 1. The molecule has 5 aromatic rings. The summed E-state index contributed by atoms with van der Waals surface area (Å²) in [6.45, 7) is 6.00. The van der Waals surface area contributed by atoms with Crippen molar-refractivity contribution in [3.63, 3.8) is 0 Å². The molecule has 3 N–H and O–H groups in total. The molecule has 0 spiro atoms. The van der Waals surface area contributed by atoms with E-state index in [4.69, 9.17) is 4.74 Å². The molecule has 2 aromatic heterocycles. The molecule has 0 atom stereocenters. The Morgan fingerprint density at radius 2 is 1.75 bits per heavy atom. The lowest BCUT2D eigenvalue weighted by molar-refractivity contribution is -0.111. The molecule has 2 heterocycles. The standard InChI is InChI=1S/C34H38N8O2/c1-6-33(43)37-26-20-27(31(44-5)21-30(26)41(3)19-18-40(2)22-24-12-8-7-9-13-24)38-34-35-17-16-32(39-34)36-28-23-42(4)29-15-11-10-14-25(28)29/h6-17,20-21,23H,1,18-19,22H2,2-5H3,(H,37,43)(H2,35,36,38,39). The fourth-order valence-corrected chi connectivity index (χ4v) is 5.04. The van der Waals surface area contributed by atoms with Crippen LogP contribution >= 0.6 is 0 Å². The number of methoxy groups -OCH3 is 1. The van der Waals surface area contributed by atoms with E-state index in [-0.39, 0.29) is 5.91 Å². The van der Waals surface area contributed by atoms with Crippen LogP contribution < -0.4 is 25.6 Å². The van der Waals surface area contributed by atoms with Gasteiger partial charge < -0.3 is 35.1 Å². The zero-order chi connectivity index (χ0) is 31.1. The van der Waals surface area contributed by atoms with Crippen LogP contribution in [0.25, 0.3) is 10.9 Å². The number of aromatic nitrogens is 3. The van der Waals surface area contributed by atoms with Gasteiger partial charge in [-0.15, -0.1) is 0 Å². The van der Waals surface area contributed by atoms with Crippen LogP contribution in [-0.2, 0) is 18.4 Å².